The van der Waals surface area contributed by atoms with E-state index in [0.717, 1.165) is 24.6 Å². The number of amides is 1. The van der Waals surface area contributed by atoms with Crippen molar-refractivity contribution in [3.63, 3.8) is 0 Å². The molecule has 5 rings (SSSR count). The first kappa shape index (κ1) is 26.9. The Morgan fingerprint density at radius 2 is 1.95 bits per heavy atom. The zero-order valence-corrected chi connectivity index (χ0v) is 22.7. The molecule has 1 aliphatic carbocycles. The first-order valence-corrected chi connectivity index (χ1v) is 13.5. The molecule has 0 atom stereocenters. The topological polar surface area (TPSA) is 119 Å². The van der Waals surface area contributed by atoms with Gasteiger partial charge in [0.1, 0.15) is 19.0 Å². The monoisotopic (exact) mass is 589 g/mol. The molecule has 1 amide bonds. The van der Waals surface area contributed by atoms with E-state index in [9.17, 15) is 9.59 Å². The summed E-state index contributed by atoms with van der Waals surface area (Å²) < 4.78 is 16.7. The molecule has 2 aromatic carbocycles. The summed E-state index contributed by atoms with van der Waals surface area (Å²) in [6, 6.07) is 12.6. The number of carboxylic acids is 1. The summed E-state index contributed by atoms with van der Waals surface area (Å²) in [4.78, 5) is 27.8. The van der Waals surface area contributed by atoms with E-state index in [0.29, 0.717) is 51.4 Å². The quantitative estimate of drug-likeness (QED) is 0.313. The average Bonchev–Trinajstić information content (AvgIpc) is 3.66. The maximum atomic E-state index is 12.2. The van der Waals surface area contributed by atoms with Crippen LogP contribution in [0.4, 0.5) is 0 Å². The Hall–Kier alpha value is -3.15. The standard InChI is InChI=1S/C15H20N2O3.C11H8BrNO3S/c18-15(17-7-6-16-10-11-4-5-11)12-2-1-3-13-14(12)20-9-8-19-13;1-16-7-4-2-3-6(5-7)9-8(10(14)15)13-11(12)17-9/h1-3,11,16H,4-10H2,(H,17,18);2-5H,1H3,(H,14,15). The normalized spacial score (nSPS) is 13.8. The van der Waals surface area contributed by atoms with Gasteiger partial charge in [0, 0.05) is 13.1 Å². The van der Waals surface area contributed by atoms with Gasteiger partial charge in [0.2, 0.25) is 0 Å². The van der Waals surface area contributed by atoms with Crippen molar-refractivity contribution in [2.75, 3.05) is 40.0 Å². The Morgan fingerprint density at radius 1 is 1.16 bits per heavy atom. The van der Waals surface area contributed by atoms with Crippen molar-refractivity contribution < 1.29 is 28.9 Å². The summed E-state index contributed by atoms with van der Waals surface area (Å²) in [5.74, 6) is 1.60. The summed E-state index contributed by atoms with van der Waals surface area (Å²) in [5.41, 5.74) is 1.38. The first-order chi connectivity index (χ1) is 18.0. The minimum Gasteiger partial charge on any atom is -0.497 e. The van der Waals surface area contributed by atoms with Crippen LogP contribution in [0.2, 0.25) is 0 Å². The van der Waals surface area contributed by atoms with Crippen LogP contribution in [0.25, 0.3) is 10.4 Å². The van der Waals surface area contributed by atoms with Crippen LogP contribution in [0.1, 0.15) is 33.7 Å². The molecule has 1 aromatic heterocycles. The summed E-state index contributed by atoms with van der Waals surface area (Å²) >= 11 is 4.48. The van der Waals surface area contributed by atoms with Crippen LogP contribution in [-0.2, 0) is 0 Å². The van der Waals surface area contributed by atoms with Gasteiger partial charge in [-0.3, -0.25) is 4.79 Å². The number of rotatable bonds is 9. The Bertz CT molecular complexity index is 1250. The number of benzene rings is 2. The van der Waals surface area contributed by atoms with Crippen LogP contribution in [0.5, 0.6) is 17.2 Å². The number of methoxy groups -OCH3 is 1. The predicted octanol–water partition coefficient (Wildman–Crippen LogP) is 4.47. The molecule has 3 aromatic rings. The zero-order valence-electron chi connectivity index (χ0n) is 20.3. The third-order valence-corrected chi connectivity index (χ3v) is 7.22. The van der Waals surface area contributed by atoms with Gasteiger partial charge in [-0.2, -0.15) is 0 Å². The van der Waals surface area contributed by atoms with Crippen LogP contribution in [0.3, 0.4) is 0 Å². The number of para-hydroxylation sites is 1. The van der Waals surface area contributed by atoms with Gasteiger partial charge in [0.25, 0.3) is 5.91 Å². The van der Waals surface area contributed by atoms with Gasteiger partial charge >= 0.3 is 5.97 Å². The van der Waals surface area contributed by atoms with E-state index in [4.69, 9.17) is 19.3 Å². The molecule has 1 saturated carbocycles. The lowest BCUT2D eigenvalue weighted by Gasteiger charge is -2.20. The molecule has 0 unspecified atom stereocenters. The van der Waals surface area contributed by atoms with E-state index in [1.54, 1.807) is 25.3 Å². The lowest BCUT2D eigenvalue weighted by molar-refractivity contribution is 0.0691. The highest BCUT2D eigenvalue weighted by atomic mass is 79.9. The fourth-order valence-electron chi connectivity index (χ4n) is 3.64. The Balaban J connectivity index is 0.000000176. The second-order valence-corrected chi connectivity index (χ2v) is 10.7. The molecule has 1 aliphatic heterocycles. The molecule has 3 N–H and O–H groups in total. The minimum atomic E-state index is -1.04. The Morgan fingerprint density at radius 3 is 2.70 bits per heavy atom. The fraction of sp³-hybridized carbons (Fsp3) is 0.346. The SMILES string of the molecule is COc1cccc(-c2sc(Br)nc2C(=O)O)c1.O=C(NCCNCC1CC1)c1cccc2c1OCCO2. The van der Waals surface area contributed by atoms with Crippen LogP contribution in [0, 0.1) is 5.92 Å². The van der Waals surface area contributed by atoms with Gasteiger partial charge in [-0.1, -0.05) is 18.2 Å². The molecular formula is C26H28BrN3O6S. The Kier molecular flexibility index (Phi) is 9.37. The molecule has 11 heteroatoms. The number of carboxylic acid groups (broad SMARTS) is 1. The van der Waals surface area contributed by atoms with E-state index < -0.39 is 5.97 Å². The number of nitrogens with one attached hydrogen (secondary N) is 2. The fourth-order valence-corrected chi connectivity index (χ4v) is 5.08. The molecule has 0 radical (unpaired) electrons. The highest BCUT2D eigenvalue weighted by Gasteiger charge is 2.21. The maximum Gasteiger partial charge on any atom is 0.356 e. The van der Waals surface area contributed by atoms with E-state index in [1.165, 1.54) is 24.2 Å². The van der Waals surface area contributed by atoms with Crippen LogP contribution in [-0.4, -0.2) is 61.9 Å². The zero-order chi connectivity index (χ0) is 26.2. The second kappa shape index (κ2) is 12.9. The number of nitrogens with zero attached hydrogens (tertiary/aromatic N) is 1. The van der Waals surface area contributed by atoms with Crippen molar-refractivity contribution in [3.05, 3.63) is 57.6 Å². The van der Waals surface area contributed by atoms with Gasteiger partial charge < -0.3 is 30.0 Å². The summed E-state index contributed by atoms with van der Waals surface area (Å²) in [5, 5.41) is 15.3. The molecule has 0 saturated heterocycles. The van der Waals surface area contributed by atoms with E-state index in [2.05, 4.69) is 31.5 Å². The van der Waals surface area contributed by atoms with Gasteiger partial charge in [0.05, 0.1) is 17.6 Å². The highest BCUT2D eigenvalue weighted by molar-refractivity contribution is 9.11. The number of hydrogen-bond donors (Lipinski definition) is 3. The predicted molar refractivity (Wildman–Crippen MR) is 144 cm³/mol. The average molecular weight is 590 g/mol. The molecule has 196 valence electrons. The van der Waals surface area contributed by atoms with Crippen molar-refractivity contribution >= 4 is 39.1 Å². The molecule has 0 spiro atoms. The minimum absolute atomic E-state index is 0.0510. The summed E-state index contributed by atoms with van der Waals surface area (Å²) in [6.07, 6.45) is 2.68. The third kappa shape index (κ3) is 7.43. The van der Waals surface area contributed by atoms with Crippen LogP contribution in [0.15, 0.2) is 46.4 Å². The van der Waals surface area contributed by atoms with Crippen LogP contribution < -0.4 is 24.8 Å². The number of carbonyl (C=O) groups excluding carboxylic acids is 1. The van der Waals surface area contributed by atoms with E-state index in [1.807, 2.05) is 24.3 Å². The number of aromatic carboxylic acids is 1. The molecule has 37 heavy (non-hydrogen) atoms. The number of fused-ring (bicyclic) bond motifs is 1. The lowest BCUT2D eigenvalue weighted by atomic mass is 10.1. The van der Waals surface area contributed by atoms with Crippen molar-refractivity contribution in [2.24, 2.45) is 5.92 Å². The third-order valence-electron chi connectivity index (χ3n) is 5.66. The molecule has 2 aliphatic rings. The van der Waals surface area contributed by atoms with Gasteiger partial charge in [0.15, 0.2) is 21.1 Å². The van der Waals surface area contributed by atoms with Gasteiger partial charge in [-0.05, 0) is 71.1 Å². The number of carbonyl (C=O) groups is 2. The lowest BCUT2D eigenvalue weighted by Crippen LogP contribution is -2.33. The number of aromatic nitrogens is 1. The van der Waals surface area contributed by atoms with E-state index >= 15 is 0 Å². The maximum absolute atomic E-state index is 12.2. The van der Waals surface area contributed by atoms with Crippen LogP contribution >= 0.6 is 27.3 Å². The summed E-state index contributed by atoms with van der Waals surface area (Å²) in [7, 11) is 1.57. The molecular weight excluding hydrogens is 562 g/mol. The Labute approximate surface area is 227 Å². The number of halogens is 1. The van der Waals surface area contributed by atoms with Crippen molar-refractivity contribution in [3.8, 4) is 27.7 Å². The molecule has 0 bridgehead atoms. The number of ether oxygens (including phenoxy) is 3. The van der Waals surface area contributed by atoms with E-state index in [-0.39, 0.29) is 11.6 Å². The molecule has 9 nitrogen and oxygen atoms in total. The van der Waals surface area contributed by atoms with Gasteiger partial charge in [-0.15, -0.1) is 11.3 Å². The van der Waals surface area contributed by atoms with Gasteiger partial charge in [-0.25, -0.2) is 9.78 Å². The molecule has 2 heterocycles. The summed E-state index contributed by atoms with van der Waals surface area (Å²) in [6.45, 7) is 3.50. The molecule has 1 fully saturated rings. The van der Waals surface area contributed by atoms with Crippen molar-refractivity contribution in [2.45, 2.75) is 12.8 Å². The van der Waals surface area contributed by atoms with Crippen molar-refractivity contribution in [1.29, 1.82) is 0 Å². The largest absolute Gasteiger partial charge is 0.497 e. The second-order valence-electron chi connectivity index (χ2n) is 8.41. The highest BCUT2D eigenvalue weighted by Crippen LogP contribution is 2.35. The van der Waals surface area contributed by atoms with Crippen molar-refractivity contribution in [1.82, 2.24) is 15.6 Å². The smallest absolute Gasteiger partial charge is 0.356 e. The number of hydrogen-bond acceptors (Lipinski definition) is 8. The number of thiazole rings is 1. The first-order valence-electron chi connectivity index (χ1n) is 11.9.